The molecule has 0 fully saturated rings. The Labute approximate surface area is 105 Å². The van der Waals surface area contributed by atoms with E-state index in [0.29, 0.717) is 0 Å². The van der Waals surface area contributed by atoms with Gasteiger partial charge in [-0.15, -0.1) is 0 Å². The summed E-state index contributed by atoms with van der Waals surface area (Å²) in [6.07, 6.45) is 2.82. The summed E-state index contributed by atoms with van der Waals surface area (Å²) in [5.41, 5.74) is 0.287. The molecule has 0 amide bonds. The van der Waals surface area contributed by atoms with Gasteiger partial charge in [-0.25, -0.2) is 13.4 Å². The Morgan fingerprint density at radius 2 is 1.94 bits per heavy atom. The number of carbonyl (C=O) groups excluding carboxylic acids is 1. The van der Waals surface area contributed by atoms with E-state index in [0.717, 1.165) is 0 Å². The van der Waals surface area contributed by atoms with Gasteiger partial charge in [-0.2, -0.15) is 0 Å². The van der Waals surface area contributed by atoms with E-state index < -0.39 is 21.4 Å². The molecule has 0 aliphatic carbocycles. The summed E-state index contributed by atoms with van der Waals surface area (Å²) < 4.78 is 25.5. The normalized spacial score (nSPS) is 11.4. The molecule has 1 aromatic heterocycles. The highest BCUT2D eigenvalue weighted by Crippen LogP contribution is 2.12. The highest BCUT2D eigenvalue weighted by molar-refractivity contribution is 7.92. The lowest BCUT2D eigenvalue weighted by Gasteiger charge is -2.04. The Kier molecular flexibility index (Phi) is 3.29. The Hall–Kier alpha value is -1.95. The number of nitrogens with zero attached hydrogens (tertiary/aromatic N) is 2. The molecule has 2 aromatic rings. The summed E-state index contributed by atoms with van der Waals surface area (Å²) in [4.78, 5) is 15.8. The van der Waals surface area contributed by atoms with E-state index in [1.165, 1.54) is 29.2 Å². The molecule has 0 N–H and O–H groups in total. The predicted molar refractivity (Wildman–Crippen MR) is 66.0 cm³/mol. The second kappa shape index (κ2) is 4.73. The molecular weight excluding hydrogens is 252 g/mol. The quantitative estimate of drug-likeness (QED) is 0.775. The predicted octanol–water partition coefficient (Wildman–Crippen LogP) is 1.08. The summed E-state index contributed by atoms with van der Waals surface area (Å²) in [7, 11) is -1.94. The molecule has 0 spiro atoms. The lowest BCUT2D eigenvalue weighted by molar-refractivity contribution is 0.101. The molecule has 1 heterocycles. The van der Waals surface area contributed by atoms with Crippen molar-refractivity contribution in [3.63, 3.8) is 0 Å². The summed E-state index contributed by atoms with van der Waals surface area (Å²) in [6, 6.07) is 7.93. The van der Waals surface area contributed by atoms with E-state index in [-0.39, 0.29) is 10.6 Å². The summed E-state index contributed by atoms with van der Waals surface area (Å²) in [5.74, 6) is -1.00. The average molecular weight is 264 g/mol. The van der Waals surface area contributed by atoms with Crippen LogP contribution in [0.2, 0.25) is 0 Å². The van der Waals surface area contributed by atoms with E-state index in [9.17, 15) is 13.2 Å². The van der Waals surface area contributed by atoms with E-state index in [2.05, 4.69) is 4.98 Å². The first-order valence-corrected chi connectivity index (χ1v) is 6.93. The van der Waals surface area contributed by atoms with Crippen LogP contribution < -0.4 is 0 Å². The van der Waals surface area contributed by atoms with Crippen molar-refractivity contribution in [1.82, 2.24) is 9.55 Å². The van der Waals surface area contributed by atoms with Crippen molar-refractivity contribution in [3.8, 4) is 0 Å². The van der Waals surface area contributed by atoms with Gasteiger partial charge in [0.2, 0.25) is 0 Å². The fraction of sp³-hybridized carbons (Fsp3) is 0.167. The van der Waals surface area contributed by atoms with Crippen LogP contribution in [-0.4, -0.2) is 29.5 Å². The molecule has 0 atom stereocenters. The van der Waals surface area contributed by atoms with Crippen molar-refractivity contribution in [3.05, 3.63) is 48.5 Å². The first-order valence-electron chi connectivity index (χ1n) is 5.28. The van der Waals surface area contributed by atoms with Crippen LogP contribution in [-0.2, 0) is 16.9 Å². The van der Waals surface area contributed by atoms with Gasteiger partial charge in [0.1, 0.15) is 11.4 Å². The van der Waals surface area contributed by atoms with Gasteiger partial charge in [0, 0.05) is 7.05 Å². The maximum Gasteiger partial charge on any atom is 0.196 e. The first kappa shape index (κ1) is 12.5. The molecule has 18 heavy (non-hydrogen) atoms. The number of carbonyl (C=O) groups is 1. The number of Topliss-reactive ketones (excluding diaryl/α,β-unsaturated/α-hetero) is 1. The second-order valence-corrected chi connectivity index (χ2v) is 5.87. The Morgan fingerprint density at radius 1 is 1.28 bits per heavy atom. The highest BCUT2D eigenvalue weighted by atomic mass is 32.2. The van der Waals surface area contributed by atoms with Crippen molar-refractivity contribution < 1.29 is 13.2 Å². The molecule has 2 rings (SSSR count). The second-order valence-electron chi connectivity index (χ2n) is 3.89. The third kappa shape index (κ3) is 2.48. The summed E-state index contributed by atoms with van der Waals surface area (Å²) >= 11 is 0. The zero-order chi connectivity index (χ0) is 13.2. The van der Waals surface area contributed by atoms with Crippen LogP contribution in [0.15, 0.2) is 47.8 Å². The van der Waals surface area contributed by atoms with Crippen LogP contribution in [0.4, 0.5) is 0 Å². The van der Waals surface area contributed by atoms with Crippen LogP contribution in [0, 0.1) is 0 Å². The number of ketones is 1. The monoisotopic (exact) mass is 264 g/mol. The van der Waals surface area contributed by atoms with Gasteiger partial charge in [-0.05, 0) is 12.1 Å². The van der Waals surface area contributed by atoms with Gasteiger partial charge in [-0.1, -0.05) is 18.2 Å². The minimum atomic E-state index is -3.59. The van der Waals surface area contributed by atoms with Crippen LogP contribution >= 0.6 is 0 Å². The lowest BCUT2D eigenvalue weighted by atomic mass is 10.3. The number of imidazole rings is 1. The van der Waals surface area contributed by atoms with Crippen LogP contribution in [0.3, 0.4) is 0 Å². The molecule has 5 nitrogen and oxygen atoms in total. The van der Waals surface area contributed by atoms with Crippen molar-refractivity contribution in [2.45, 2.75) is 4.90 Å². The number of benzene rings is 1. The van der Waals surface area contributed by atoms with Gasteiger partial charge in [0.15, 0.2) is 15.6 Å². The summed E-state index contributed by atoms with van der Waals surface area (Å²) in [6.45, 7) is 0. The SMILES string of the molecule is Cn1cncc1C(=O)CS(=O)(=O)c1ccccc1. The number of rotatable bonds is 4. The van der Waals surface area contributed by atoms with Gasteiger partial charge >= 0.3 is 0 Å². The van der Waals surface area contributed by atoms with E-state index in [1.54, 1.807) is 25.2 Å². The molecule has 94 valence electrons. The molecule has 0 saturated heterocycles. The highest BCUT2D eigenvalue weighted by Gasteiger charge is 2.21. The maximum absolute atomic E-state index is 12.0. The molecular formula is C12H12N2O3S. The van der Waals surface area contributed by atoms with Crippen molar-refractivity contribution >= 4 is 15.6 Å². The van der Waals surface area contributed by atoms with Gasteiger partial charge < -0.3 is 4.57 Å². The number of aryl methyl sites for hydroxylation is 1. The molecule has 0 bridgehead atoms. The standard InChI is InChI=1S/C12H12N2O3S/c1-14-9-13-7-11(14)12(15)8-18(16,17)10-5-3-2-4-6-10/h2-7,9H,8H2,1H3. The summed E-state index contributed by atoms with van der Waals surface area (Å²) in [5, 5.41) is 0. The number of hydrogen-bond donors (Lipinski definition) is 0. The third-order valence-corrected chi connectivity index (χ3v) is 4.16. The Balaban J connectivity index is 2.25. The number of hydrogen-bond acceptors (Lipinski definition) is 4. The minimum Gasteiger partial charge on any atom is -0.331 e. The van der Waals surface area contributed by atoms with Crippen LogP contribution in [0.5, 0.6) is 0 Å². The first-order chi connectivity index (χ1) is 8.50. The molecule has 6 heteroatoms. The molecule has 0 radical (unpaired) electrons. The third-order valence-electron chi connectivity index (χ3n) is 2.53. The van der Waals surface area contributed by atoms with E-state index >= 15 is 0 Å². The van der Waals surface area contributed by atoms with E-state index in [1.807, 2.05) is 0 Å². The van der Waals surface area contributed by atoms with Gasteiger partial charge in [0.05, 0.1) is 17.4 Å². The molecule has 0 aliphatic heterocycles. The smallest absolute Gasteiger partial charge is 0.196 e. The zero-order valence-corrected chi connectivity index (χ0v) is 10.6. The van der Waals surface area contributed by atoms with Crippen molar-refractivity contribution in [2.75, 3.05) is 5.75 Å². The minimum absolute atomic E-state index is 0.153. The molecule has 0 unspecified atom stereocenters. The van der Waals surface area contributed by atoms with Gasteiger partial charge in [0.25, 0.3) is 0 Å². The topological polar surface area (TPSA) is 69.0 Å². The van der Waals surface area contributed by atoms with E-state index in [4.69, 9.17) is 0 Å². The number of aromatic nitrogens is 2. The average Bonchev–Trinajstić information content (AvgIpc) is 2.76. The largest absolute Gasteiger partial charge is 0.331 e. The van der Waals surface area contributed by atoms with Crippen LogP contribution in [0.25, 0.3) is 0 Å². The molecule has 0 saturated carbocycles. The Bertz CT molecular complexity index is 660. The van der Waals surface area contributed by atoms with Crippen molar-refractivity contribution in [2.24, 2.45) is 7.05 Å². The molecule has 1 aromatic carbocycles. The van der Waals surface area contributed by atoms with Crippen molar-refractivity contribution in [1.29, 1.82) is 0 Å². The van der Waals surface area contributed by atoms with Crippen LogP contribution in [0.1, 0.15) is 10.5 Å². The maximum atomic E-state index is 12.0. The zero-order valence-electron chi connectivity index (χ0n) is 9.78. The van der Waals surface area contributed by atoms with Gasteiger partial charge in [-0.3, -0.25) is 4.79 Å². The molecule has 0 aliphatic rings. The lowest BCUT2D eigenvalue weighted by Crippen LogP contribution is -2.18. The fourth-order valence-electron chi connectivity index (χ4n) is 1.58. The number of sulfone groups is 1. The fourth-order valence-corrected chi connectivity index (χ4v) is 2.82. The Morgan fingerprint density at radius 3 is 2.50 bits per heavy atom.